The highest BCUT2D eigenvalue weighted by Gasteiger charge is 2.52. The largest absolute Gasteiger partial charge is 0.328 e. The van der Waals surface area contributed by atoms with E-state index in [2.05, 4.69) is 41.5 Å². The Morgan fingerprint density at radius 1 is 0.633 bits per heavy atom. The lowest BCUT2D eigenvalue weighted by Crippen LogP contribution is -2.32. The van der Waals surface area contributed by atoms with Crippen LogP contribution in [0.5, 0.6) is 0 Å². The quantitative estimate of drug-likeness (QED) is 0.185. The molecule has 1 heterocycles. The van der Waals surface area contributed by atoms with Crippen LogP contribution in [0.4, 0.5) is 0 Å². The van der Waals surface area contributed by atoms with Crippen LogP contribution in [-0.2, 0) is 27.8 Å². The summed E-state index contributed by atoms with van der Waals surface area (Å²) in [7, 11) is -5.83. The Morgan fingerprint density at radius 2 is 1.13 bits per heavy atom. The zero-order valence-electron chi connectivity index (χ0n) is 19.6. The molecule has 0 aromatic carbocycles. The van der Waals surface area contributed by atoms with Crippen molar-refractivity contribution in [3.63, 3.8) is 0 Å². The van der Waals surface area contributed by atoms with Gasteiger partial charge in [0.1, 0.15) is 0 Å². The topological polar surface area (TPSA) is 74.2 Å². The van der Waals surface area contributed by atoms with E-state index in [1.807, 2.05) is 0 Å². The second-order valence-electron chi connectivity index (χ2n) is 6.59. The van der Waals surface area contributed by atoms with Crippen molar-refractivity contribution in [1.29, 1.82) is 0 Å². The van der Waals surface area contributed by atoms with Gasteiger partial charge >= 0.3 is 7.66 Å². The molecule has 2 unspecified atom stereocenters. The van der Waals surface area contributed by atoms with E-state index in [1.54, 1.807) is 9.21 Å². The van der Waals surface area contributed by atoms with Gasteiger partial charge in [-0.15, -0.1) is 0 Å². The van der Waals surface area contributed by atoms with E-state index in [1.165, 1.54) is 0 Å². The van der Waals surface area contributed by atoms with Gasteiger partial charge in [0.05, 0.1) is 39.6 Å². The molecule has 0 bridgehead atoms. The van der Waals surface area contributed by atoms with Crippen molar-refractivity contribution in [2.45, 2.75) is 80.1 Å². The molecule has 2 atom stereocenters. The Bertz CT molecular complexity index is 480. The van der Waals surface area contributed by atoms with Gasteiger partial charge in [-0.1, -0.05) is 46.1 Å². The van der Waals surface area contributed by atoms with Crippen LogP contribution in [0.15, 0.2) is 4.52 Å². The van der Waals surface area contributed by atoms with E-state index in [-0.39, 0.29) is 0 Å². The van der Waals surface area contributed by atoms with Gasteiger partial charge in [0, 0.05) is 0 Å². The van der Waals surface area contributed by atoms with Crippen LogP contribution in [0, 0.1) is 0 Å². The monoisotopic (exact) mass is 489 g/mol. The van der Waals surface area contributed by atoms with Crippen LogP contribution in [0.1, 0.15) is 80.1 Å². The molecule has 1 aliphatic heterocycles. The molecule has 30 heavy (non-hydrogen) atoms. The maximum absolute atomic E-state index is 6.32. The number of nitrogens with zero attached hydrogens (tertiary/aromatic N) is 3. The third-order valence-electron chi connectivity index (χ3n) is 3.42. The third kappa shape index (κ3) is 8.96. The summed E-state index contributed by atoms with van der Waals surface area (Å²) in [5, 5.41) is 0. The lowest BCUT2D eigenvalue weighted by molar-refractivity contribution is -0.0820. The van der Waals surface area contributed by atoms with Gasteiger partial charge in [-0.3, -0.25) is 9.68 Å². The van der Waals surface area contributed by atoms with Gasteiger partial charge in [0.25, 0.3) is 16.9 Å². The van der Waals surface area contributed by atoms with Crippen molar-refractivity contribution in [2.24, 2.45) is 4.52 Å². The van der Waals surface area contributed by atoms with E-state index >= 15 is 0 Å². The van der Waals surface area contributed by atoms with Gasteiger partial charge < -0.3 is 18.1 Å². The minimum atomic E-state index is -2.90. The van der Waals surface area contributed by atoms with Crippen LogP contribution in [0.3, 0.4) is 0 Å². The fourth-order valence-corrected chi connectivity index (χ4v) is 10.4. The predicted molar refractivity (Wildman–Crippen MR) is 124 cm³/mol. The highest BCUT2D eigenvalue weighted by molar-refractivity contribution is 7.78. The predicted octanol–water partition coefficient (Wildman–Crippen LogP) is 7.39. The third-order valence-corrected chi connectivity index (χ3v) is 10.6. The lowest BCUT2D eigenvalue weighted by Gasteiger charge is -2.45. The summed E-state index contributed by atoms with van der Waals surface area (Å²) >= 11 is 0. The Labute approximate surface area is 186 Å². The van der Waals surface area contributed by atoms with Gasteiger partial charge in [0.15, 0.2) is 0 Å². The molecular weight excluding hydrogens is 447 g/mol. The molecule has 180 valence electrons. The number of rotatable bonds is 18. The standard InChI is InChI=1S/C18H42N3O6P3/c1-7-13-22-20-28(24-15-9-3)19-30(26-17-11-5,27-18-12-6)21(23-14-8-2)29(20)25-16-10-4/h7-18H2,1-6H3. The Hall–Kier alpha value is 0.770. The minimum Gasteiger partial charge on any atom is -0.328 e. The molecule has 0 saturated heterocycles. The molecule has 12 heteroatoms. The van der Waals surface area contributed by atoms with Crippen molar-refractivity contribution in [1.82, 2.24) is 9.21 Å². The van der Waals surface area contributed by atoms with E-state index in [0.717, 1.165) is 38.5 Å². The summed E-state index contributed by atoms with van der Waals surface area (Å²) < 4.78 is 33.6. The average Bonchev–Trinajstić information content (AvgIpc) is 2.76. The smallest absolute Gasteiger partial charge is 0.328 e. The summed E-state index contributed by atoms with van der Waals surface area (Å²) in [6, 6.07) is 0. The normalized spacial score (nSPS) is 22.3. The van der Waals surface area contributed by atoms with E-state index in [9.17, 15) is 0 Å². The van der Waals surface area contributed by atoms with Crippen molar-refractivity contribution < 1.29 is 27.8 Å². The Kier molecular flexibility index (Phi) is 16.6. The highest BCUT2D eigenvalue weighted by Crippen LogP contribution is 2.79. The molecule has 0 N–H and O–H groups in total. The summed E-state index contributed by atoms with van der Waals surface area (Å²) in [6.45, 7) is 15.7. The summed E-state index contributed by atoms with van der Waals surface area (Å²) in [6.07, 6.45) is 5.20. The van der Waals surface area contributed by atoms with E-state index in [0.29, 0.717) is 39.6 Å². The molecule has 1 aliphatic rings. The fraction of sp³-hybridized carbons (Fsp3) is 1.00. The average molecular weight is 489 g/mol. The second-order valence-corrected chi connectivity index (χ2v) is 12.4. The highest BCUT2D eigenvalue weighted by atomic mass is 31.3. The van der Waals surface area contributed by atoms with Crippen LogP contribution in [-0.4, -0.2) is 48.8 Å². The molecule has 0 spiro atoms. The van der Waals surface area contributed by atoms with Gasteiger partial charge in [-0.05, 0) is 43.1 Å². The van der Waals surface area contributed by atoms with Gasteiger partial charge in [-0.2, -0.15) is 4.52 Å². The lowest BCUT2D eigenvalue weighted by atomic mass is 10.5. The van der Waals surface area contributed by atoms with Crippen LogP contribution >= 0.6 is 24.6 Å². The van der Waals surface area contributed by atoms with Gasteiger partial charge in [0.2, 0.25) is 0 Å². The van der Waals surface area contributed by atoms with Crippen molar-refractivity contribution >= 4 is 24.6 Å². The molecule has 0 amide bonds. The molecular formula is C18H42N3O6P3. The molecule has 1 rings (SSSR count). The molecule has 0 aliphatic carbocycles. The minimum absolute atomic E-state index is 0.520. The fourth-order valence-electron chi connectivity index (χ4n) is 2.09. The zero-order chi connectivity index (χ0) is 22.2. The summed E-state index contributed by atoms with van der Waals surface area (Å²) in [4.78, 5) is 12.3. The summed E-state index contributed by atoms with van der Waals surface area (Å²) in [5.74, 6) is 0. The first kappa shape index (κ1) is 28.8. The van der Waals surface area contributed by atoms with E-state index in [4.69, 9.17) is 32.3 Å². The Balaban J connectivity index is 3.46. The van der Waals surface area contributed by atoms with Crippen molar-refractivity contribution in [3.8, 4) is 0 Å². The van der Waals surface area contributed by atoms with Crippen molar-refractivity contribution in [2.75, 3.05) is 39.6 Å². The molecule has 0 aromatic heterocycles. The first-order valence-corrected chi connectivity index (χ1v) is 15.1. The maximum atomic E-state index is 6.32. The Morgan fingerprint density at radius 3 is 1.67 bits per heavy atom. The molecule has 0 saturated carbocycles. The molecule has 0 aromatic rings. The SMILES string of the molecule is CCCON1P(OCCC)N=P(OCCC)(OCCC)N(OCCC)P1OCCC. The van der Waals surface area contributed by atoms with Crippen LogP contribution in [0.2, 0.25) is 0 Å². The van der Waals surface area contributed by atoms with Crippen LogP contribution in [0.25, 0.3) is 0 Å². The van der Waals surface area contributed by atoms with E-state index < -0.39 is 24.6 Å². The van der Waals surface area contributed by atoms with Crippen LogP contribution < -0.4 is 0 Å². The first-order chi connectivity index (χ1) is 14.6. The van der Waals surface area contributed by atoms with Gasteiger partial charge in [-0.25, -0.2) is 0 Å². The second kappa shape index (κ2) is 17.3. The number of hydrogen-bond donors (Lipinski definition) is 0. The molecule has 0 fully saturated rings. The molecule has 0 radical (unpaired) electrons. The summed E-state index contributed by atoms with van der Waals surface area (Å²) in [5.41, 5.74) is 0. The zero-order valence-corrected chi connectivity index (χ0v) is 22.3. The van der Waals surface area contributed by atoms with Crippen molar-refractivity contribution in [3.05, 3.63) is 0 Å². The maximum Gasteiger partial charge on any atom is 0.328 e. The molecule has 9 nitrogen and oxygen atoms in total. The number of hydrogen-bond acceptors (Lipinski definition) is 9. The first-order valence-electron chi connectivity index (χ1n) is 11.3.